The summed E-state index contributed by atoms with van der Waals surface area (Å²) in [6.45, 7) is 0.525. The molecule has 2 unspecified atom stereocenters. The second-order valence-electron chi connectivity index (χ2n) is 8.58. The zero-order chi connectivity index (χ0) is 17.8. The number of benzene rings is 1. The summed E-state index contributed by atoms with van der Waals surface area (Å²) in [7, 11) is 3.54. The molecule has 4 saturated carbocycles. The predicted molar refractivity (Wildman–Crippen MR) is 99.2 cm³/mol. The van der Waals surface area contributed by atoms with Crippen LogP contribution in [0.1, 0.15) is 44.1 Å². The summed E-state index contributed by atoms with van der Waals surface area (Å²) < 4.78 is 6.43. The smallest absolute Gasteiger partial charge is 0.228 e. The van der Waals surface area contributed by atoms with Crippen LogP contribution in [0.15, 0.2) is 22.7 Å². The summed E-state index contributed by atoms with van der Waals surface area (Å²) in [6.07, 6.45) is 5.52. The molecule has 0 saturated heterocycles. The average molecular weight is 408 g/mol. The molecule has 4 nitrogen and oxygen atoms in total. The topological polar surface area (TPSA) is 49.8 Å². The van der Waals surface area contributed by atoms with Crippen molar-refractivity contribution in [1.82, 2.24) is 4.90 Å². The van der Waals surface area contributed by atoms with Gasteiger partial charge in [0, 0.05) is 23.6 Å². The van der Waals surface area contributed by atoms with Gasteiger partial charge in [0.25, 0.3) is 0 Å². The third-order valence-electron chi connectivity index (χ3n) is 6.48. The Morgan fingerprint density at radius 3 is 2.60 bits per heavy atom. The van der Waals surface area contributed by atoms with Crippen LogP contribution in [0.25, 0.3) is 0 Å². The first-order valence-corrected chi connectivity index (χ1v) is 9.92. The number of carbonyl (C=O) groups is 1. The van der Waals surface area contributed by atoms with Crippen LogP contribution in [-0.4, -0.2) is 35.7 Å². The van der Waals surface area contributed by atoms with Gasteiger partial charge >= 0.3 is 0 Å². The largest absolute Gasteiger partial charge is 0.496 e. The zero-order valence-corrected chi connectivity index (χ0v) is 16.5. The SMILES string of the molecule is COc1ccc(Br)cc1CN(C)C(=O)C12C[C@@H]3C[C@@H](CC(O)(C3)C1)C2. The molecule has 1 N–H and O–H groups in total. The highest BCUT2D eigenvalue weighted by Gasteiger charge is 2.60. The van der Waals surface area contributed by atoms with E-state index in [1.807, 2.05) is 30.1 Å². The van der Waals surface area contributed by atoms with Gasteiger partial charge in [-0.1, -0.05) is 15.9 Å². The van der Waals surface area contributed by atoms with Crippen molar-refractivity contribution in [3.05, 3.63) is 28.2 Å². The highest BCUT2D eigenvalue weighted by molar-refractivity contribution is 9.10. The lowest BCUT2D eigenvalue weighted by molar-refractivity contribution is -0.185. The minimum atomic E-state index is -0.603. The van der Waals surface area contributed by atoms with Crippen LogP contribution in [0.3, 0.4) is 0 Å². The minimum absolute atomic E-state index is 0.196. The van der Waals surface area contributed by atoms with Crippen molar-refractivity contribution in [2.75, 3.05) is 14.2 Å². The number of hydrogen-bond donors (Lipinski definition) is 1. The van der Waals surface area contributed by atoms with Crippen molar-refractivity contribution in [3.63, 3.8) is 0 Å². The maximum atomic E-state index is 13.4. The van der Waals surface area contributed by atoms with Crippen LogP contribution in [-0.2, 0) is 11.3 Å². The third-order valence-corrected chi connectivity index (χ3v) is 6.97. The van der Waals surface area contributed by atoms with Crippen LogP contribution >= 0.6 is 15.9 Å². The lowest BCUT2D eigenvalue weighted by Crippen LogP contribution is -2.60. The molecule has 4 fully saturated rings. The number of hydrogen-bond acceptors (Lipinski definition) is 3. The van der Waals surface area contributed by atoms with E-state index in [2.05, 4.69) is 15.9 Å². The molecule has 0 heterocycles. The van der Waals surface area contributed by atoms with Crippen molar-refractivity contribution < 1.29 is 14.6 Å². The number of amides is 1. The molecule has 0 radical (unpaired) electrons. The van der Waals surface area contributed by atoms with Gasteiger partial charge in [0.05, 0.1) is 18.1 Å². The maximum Gasteiger partial charge on any atom is 0.228 e. The summed E-state index contributed by atoms with van der Waals surface area (Å²) in [4.78, 5) is 15.2. The molecule has 0 aromatic heterocycles. The van der Waals surface area contributed by atoms with E-state index in [-0.39, 0.29) is 11.3 Å². The Bertz CT molecular complexity index is 690. The molecule has 1 amide bonds. The summed E-state index contributed by atoms with van der Waals surface area (Å²) in [5, 5.41) is 10.9. The molecule has 4 bridgehead atoms. The number of rotatable bonds is 4. The molecule has 0 aliphatic heterocycles. The first kappa shape index (κ1) is 17.3. The van der Waals surface area contributed by atoms with Crippen molar-refractivity contribution in [2.45, 2.75) is 50.7 Å². The molecule has 4 aliphatic rings. The van der Waals surface area contributed by atoms with Crippen molar-refractivity contribution in [1.29, 1.82) is 0 Å². The summed E-state index contributed by atoms with van der Waals surface area (Å²) in [6, 6.07) is 5.87. The first-order chi connectivity index (χ1) is 11.8. The fourth-order valence-electron chi connectivity index (χ4n) is 6.07. The van der Waals surface area contributed by atoms with E-state index in [0.29, 0.717) is 24.8 Å². The predicted octanol–water partition coefficient (Wildman–Crippen LogP) is 3.75. The first-order valence-electron chi connectivity index (χ1n) is 9.13. The van der Waals surface area contributed by atoms with Crippen LogP contribution in [0, 0.1) is 17.3 Å². The molecule has 4 aliphatic carbocycles. The summed E-state index contributed by atoms with van der Waals surface area (Å²) >= 11 is 3.50. The highest BCUT2D eigenvalue weighted by atomic mass is 79.9. The highest BCUT2D eigenvalue weighted by Crippen LogP contribution is 2.62. The molecular formula is C20H26BrNO3. The Balaban J connectivity index is 1.56. The van der Waals surface area contributed by atoms with Crippen LogP contribution in [0.5, 0.6) is 5.75 Å². The Kier molecular flexibility index (Phi) is 4.15. The maximum absolute atomic E-state index is 13.4. The van der Waals surface area contributed by atoms with Gasteiger partial charge in [-0.2, -0.15) is 0 Å². The van der Waals surface area contributed by atoms with E-state index in [9.17, 15) is 9.90 Å². The second-order valence-corrected chi connectivity index (χ2v) is 9.50. The quantitative estimate of drug-likeness (QED) is 0.826. The normalized spacial score (nSPS) is 35.7. The van der Waals surface area contributed by atoms with E-state index in [0.717, 1.165) is 41.5 Å². The van der Waals surface area contributed by atoms with Crippen LogP contribution in [0.4, 0.5) is 0 Å². The molecule has 0 spiro atoms. The third kappa shape index (κ3) is 2.99. The van der Waals surface area contributed by atoms with Gasteiger partial charge in [0.1, 0.15) is 5.75 Å². The standard InChI is InChI=1S/C20H26BrNO3/c1-22(11-15-6-16(21)3-4-17(15)25-2)18(23)19-7-13-5-14(8-19)10-20(24,9-13)12-19/h3-4,6,13-14,24H,5,7-12H2,1-2H3/t13-,14+,19?,20?. The monoisotopic (exact) mass is 407 g/mol. The fourth-order valence-corrected chi connectivity index (χ4v) is 6.48. The van der Waals surface area contributed by atoms with Crippen molar-refractivity contribution in [3.8, 4) is 5.75 Å². The minimum Gasteiger partial charge on any atom is -0.496 e. The Morgan fingerprint density at radius 2 is 2.00 bits per heavy atom. The molecule has 4 atom stereocenters. The molecule has 136 valence electrons. The number of methoxy groups -OCH3 is 1. The van der Waals surface area contributed by atoms with E-state index in [1.165, 1.54) is 6.42 Å². The zero-order valence-electron chi connectivity index (χ0n) is 14.9. The van der Waals surface area contributed by atoms with Gasteiger partial charge in [0.15, 0.2) is 0 Å². The molecule has 1 aromatic carbocycles. The number of halogens is 1. The molecule has 5 heteroatoms. The second kappa shape index (κ2) is 5.98. The van der Waals surface area contributed by atoms with Crippen molar-refractivity contribution in [2.24, 2.45) is 17.3 Å². The molecular weight excluding hydrogens is 382 g/mol. The lowest BCUT2D eigenvalue weighted by Gasteiger charge is -2.59. The van der Waals surface area contributed by atoms with Crippen LogP contribution < -0.4 is 4.74 Å². The summed E-state index contributed by atoms with van der Waals surface area (Å²) in [5.74, 6) is 2.03. The van der Waals surface area contributed by atoms with E-state index in [1.54, 1.807) is 7.11 Å². The molecule has 25 heavy (non-hydrogen) atoms. The lowest BCUT2D eigenvalue weighted by atomic mass is 9.47. The van der Waals surface area contributed by atoms with Crippen LogP contribution in [0.2, 0.25) is 0 Å². The van der Waals surface area contributed by atoms with Gasteiger partial charge in [0.2, 0.25) is 5.91 Å². The van der Waals surface area contributed by atoms with E-state index in [4.69, 9.17) is 4.74 Å². The molecule has 1 aromatic rings. The van der Waals surface area contributed by atoms with Gasteiger partial charge in [-0.3, -0.25) is 4.79 Å². The Hall–Kier alpha value is -1.07. The van der Waals surface area contributed by atoms with Crippen molar-refractivity contribution >= 4 is 21.8 Å². The van der Waals surface area contributed by atoms with Gasteiger partial charge in [-0.25, -0.2) is 0 Å². The van der Waals surface area contributed by atoms with E-state index < -0.39 is 5.60 Å². The number of carbonyl (C=O) groups excluding carboxylic acids is 1. The fraction of sp³-hybridized carbons (Fsp3) is 0.650. The Morgan fingerprint density at radius 1 is 1.32 bits per heavy atom. The number of ether oxygens (including phenoxy) is 1. The molecule has 5 rings (SSSR count). The van der Waals surface area contributed by atoms with Gasteiger partial charge in [-0.05, 0) is 68.6 Å². The number of aliphatic hydroxyl groups is 1. The van der Waals surface area contributed by atoms with Gasteiger partial charge < -0.3 is 14.7 Å². The average Bonchev–Trinajstić information content (AvgIpc) is 2.52. The van der Waals surface area contributed by atoms with Gasteiger partial charge in [-0.15, -0.1) is 0 Å². The van der Waals surface area contributed by atoms with E-state index >= 15 is 0 Å². The number of nitrogens with zero attached hydrogens (tertiary/aromatic N) is 1. The summed E-state index contributed by atoms with van der Waals surface area (Å²) in [5.41, 5.74) is 0.0390. The Labute approximate surface area is 157 Å².